The van der Waals surface area contributed by atoms with E-state index in [1.54, 1.807) is 23.1 Å². The Morgan fingerprint density at radius 2 is 1.75 bits per heavy atom. The molecule has 0 saturated carbocycles. The summed E-state index contributed by atoms with van der Waals surface area (Å²) in [4.78, 5) is 27.4. The highest BCUT2D eigenvalue weighted by Crippen LogP contribution is 2.30. The van der Waals surface area contributed by atoms with Crippen LogP contribution in [0.4, 0.5) is 11.4 Å². The van der Waals surface area contributed by atoms with Gasteiger partial charge in [-0.05, 0) is 62.1 Å². The Bertz CT molecular complexity index is 1140. The average molecular weight is 456 g/mol. The van der Waals surface area contributed by atoms with Crippen molar-refractivity contribution in [3.05, 3.63) is 53.6 Å². The molecule has 2 aromatic carbocycles. The minimum atomic E-state index is -3.58. The fraction of sp³-hybridized carbons (Fsp3) is 0.417. The van der Waals surface area contributed by atoms with Gasteiger partial charge in [0, 0.05) is 37.4 Å². The van der Waals surface area contributed by atoms with Gasteiger partial charge in [0.05, 0.1) is 10.8 Å². The van der Waals surface area contributed by atoms with Gasteiger partial charge in [0.1, 0.15) is 0 Å². The Labute approximate surface area is 189 Å². The lowest BCUT2D eigenvalue weighted by molar-refractivity contribution is -0.122. The van der Waals surface area contributed by atoms with Gasteiger partial charge in [0.25, 0.3) is 0 Å². The standard InChI is InChI=1S/C24H29N3O4S/c1-17-8-6-11-22(18(17)2)27-16-19(14-23(27)28)24(29)25-20-9-7-10-21(15-20)32(30,31)26-12-4-3-5-13-26/h6-11,15,19H,3-5,12-14,16H2,1-2H3,(H,25,29)/t19-/m0/s1. The van der Waals surface area contributed by atoms with E-state index in [4.69, 9.17) is 0 Å². The molecule has 0 radical (unpaired) electrons. The molecule has 1 N–H and O–H groups in total. The first-order chi connectivity index (χ1) is 15.3. The van der Waals surface area contributed by atoms with Crippen LogP contribution in [0.2, 0.25) is 0 Å². The maximum absolute atomic E-state index is 12.9. The SMILES string of the molecule is Cc1cccc(N2C[C@@H](C(=O)Nc3cccc(S(=O)(=O)N4CCCCC4)c3)CC2=O)c1C. The molecule has 1 atom stereocenters. The molecule has 170 valence electrons. The number of piperidine rings is 1. The minimum Gasteiger partial charge on any atom is -0.326 e. The van der Waals surface area contributed by atoms with Crippen molar-refractivity contribution >= 4 is 33.2 Å². The van der Waals surface area contributed by atoms with Gasteiger partial charge in [0.15, 0.2) is 0 Å². The number of carbonyl (C=O) groups excluding carboxylic acids is 2. The summed E-state index contributed by atoms with van der Waals surface area (Å²) in [5.74, 6) is -0.858. The zero-order chi connectivity index (χ0) is 22.9. The summed E-state index contributed by atoms with van der Waals surface area (Å²) >= 11 is 0. The van der Waals surface area contributed by atoms with Crippen molar-refractivity contribution in [2.45, 2.75) is 44.4 Å². The highest BCUT2D eigenvalue weighted by molar-refractivity contribution is 7.89. The van der Waals surface area contributed by atoms with Gasteiger partial charge in [-0.25, -0.2) is 8.42 Å². The molecule has 7 nitrogen and oxygen atoms in total. The Balaban J connectivity index is 1.47. The predicted octanol–water partition coefficient (Wildman–Crippen LogP) is 3.47. The summed E-state index contributed by atoms with van der Waals surface area (Å²) < 4.78 is 27.4. The molecule has 0 aromatic heterocycles. The molecular formula is C24H29N3O4S. The second-order valence-corrected chi connectivity index (χ2v) is 10.5. The number of sulfonamides is 1. The molecule has 4 rings (SSSR count). The minimum absolute atomic E-state index is 0.0831. The molecule has 0 bridgehead atoms. The summed E-state index contributed by atoms with van der Waals surface area (Å²) in [5.41, 5.74) is 3.37. The van der Waals surface area contributed by atoms with Gasteiger partial charge in [-0.3, -0.25) is 9.59 Å². The van der Waals surface area contributed by atoms with Gasteiger partial charge in [-0.2, -0.15) is 4.31 Å². The van der Waals surface area contributed by atoms with Gasteiger partial charge in [-0.1, -0.05) is 24.6 Å². The van der Waals surface area contributed by atoms with Crippen LogP contribution in [0.15, 0.2) is 47.4 Å². The van der Waals surface area contributed by atoms with Crippen LogP contribution in [-0.2, 0) is 19.6 Å². The van der Waals surface area contributed by atoms with Crippen molar-refractivity contribution in [3.63, 3.8) is 0 Å². The second kappa shape index (κ2) is 9.03. The molecule has 2 amide bonds. The molecule has 2 aromatic rings. The van der Waals surface area contributed by atoms with E-state index in [2.05, 4.69) is 5.32 Å². The summed E-state index contributed by atoms with van der Waals surface area (Å²) in [6.07, 6.45) is 2.90. The molecule has 2 fully saturated rings. The first kappa shape index (κ1) is 22.5. The van der Waals surface area contributed by atoms with Gasteiger partial charge >= 0.3 is 0 Å². The lowest BCUT2D eigenvalue weighted by Gasteiger charge is -2.26. The van der Waals surface area contributed by atoms with Crippen molar-refractivity contribution in [3.8, 4) is 0 Å². The number of anilines is 2. The van der Waals surface area contributed by atoms with Crippen LogP contribution in [0.5, 0.6) is 0 Å². The van der Waals surface area contributed by atoms with E-state index in [0.717, 1.165) is 36.1 Å². The molecule has 8 heteroatoms. The zero-order valence-corrected chi connectivity index (χ0v) is 19.3. The van der Waals surface area contributed by atoms with Crippen LogP contribution < -0.4 is 10.2 Å². The van der Waals surface area contributed by atoms with E-state index in [0.29, 0.717) is 25.3 Å². The normalized spacial score (nSPS) is 19.9. The van der Waals surface area contributed by atoms with Gasteiger partial charge in [-0.15, -0.1) is 0 Å². The summed E-state index contributed by atoms with van der Waals surface area (Å²) in [5, 5.41) is 2.82. The quantitative estimate of drug-likeness (QED) is 0.748. The highest BCUT2D eigenvalue weighted by atomic mass is 32.2. The van der Waals surface area contributed by atoms with Crippen LogP contribution in [0.3, 0.4) is 0 Å². The van der Waals surface area contributed by atoms with E-state index in [1.807, 2.05) is 32.0 Å². The lowest BCUT2D eigenvalue weighted by Crippen LogP contribution is -2.35. The fourth-order valence-corrected chi connectivity index (χ4v) is 5.94. The third kappa shape index (κ3) is 4.42. The van der Waals surface area contributed by atoms with Crippen LogP contribution >= 0.6 is 0 Å². The lowest BCUT2D eigenvalue weighted by atomic mass is 10.1. The van der Waals surface area contributed by atoms with Crippen LogP contribution in [0, 0.1) is 19.8 Å². The Kier molecular flexibility index (Phi) is 6.35. The first-order valence-corrected chi connectivity index (χ1v) is 12.5. The maximum Gasteiger partial charge on any atom is 0.243 e. The molecular weight excluding hydrogens is 426 g/mol. The van der Waals surface area contributed by atoms with Crippen molar-refractivity contribution in [2.75, 3.05) is 29.9 Å². The van der Waals surface area contributed by atoms with E-state index in [9.17, 15) is 18.0 Å². The first-order valence-electron chi connectivity index (χ1n) is 11.0. The Morgan fingerprint density at radius 3 is 2.50 bits per heavy atom. The zero-order valence-electron chi connectivity index (χ0n) is 18.5. The number of hydrogen-bond acceptors (Lipinski definition) is 4. The average Bonchev–Trinajstić information content (AvgIpc) is 3.18. The second-order valence-electron chi connectivity index (χ2n) is 8.61. The number of nitrogens with zero attached hydrogens (tertiary/aromatic N) is 2. The number of benzene rings is 2. The van der Waals surface area contributed by atoms with Crippen LogP contribution in [0.25, 0.3) is 0 Å². The number of aryl methyl sites for hydroxylation is 1. The highest BCUT2D eigenvalue weighted by Gasteiger charge is 2.36. The Hall–Kier alpha value is -2.71. The number of rotatable bonds is 5. The molecule has 2 aliphatic rings. The van der Waals surface area contributed by atoms with Crippen molar-refractivity contribution in [1.82, 2.24) is 4.31 Å². The third-order valence-corrected chi connectivity index (χ3v) is 8.31. The molecule has 0 aliphatic carbocycles. The van der Waals surface area contributed by atoms with E-state index in [-0.39, 0.29) is 23.1 Å². The van der Waals surface area contributed by atoms with Crippen LogP contribution in [0.1, 0.15) is 36.8 Å². The fourth-order valence-electron chi connectivity index (χ4n) is 4.38. The molecule has 2 heterocycles. The smallest absolute Gasteiger partial charge is 0.243 e. The van der Waals surface area contributed by atoms with E-state index < -0.39 is 15.9 Å². The summed E-state index contributed by atoms with van der Waals surface area (Å²) in [7, 11) is -3.58. The molecule has 2 saturated heterocycles. The third-order valence-electron chi connectivity index (χ3n) is 6.42. The van der Waals surface area contributed by atoms with E-state index >= 15 is 0 Å². The molecule has 2 aliphatic heterocycles. The molecule has 0 unspecified atom stereocenters. The van der Waals surface area contributed by atoms with E-state index in [1.165, 1.54) is 10.4 Å². The molecule has 0 spiro atoms. The summed E-state index contributed by atoms with van der Waals surface area (Å²) in [6, 6.07) is 12.2. The maximum atomic E-state index is 12.9. The van der Waals surface area contributed by atoms with Gasteiger partial charge in [0.2, 0.25) is 21.8 Å². The number of carbonyl (C=O) groups is 2. The van der Waals surface area contributed by atoms with Crippen LogP contribution in [-0.4, -0.2) is 44.2 Å². The number of nitrogens with one attached hydrogen (secondary N) is 1. The predicted molar refractivity (Wildman–Crippen MR) is 124 cm³/mol. The molecule has 32 heavy (non-hydrogen) atoms. The van der Waals surface area contributed by atoms with Crippen molar-refractivity contribution in [1.29, 1.82) is 0 Å². The number of hydrogen-bond donors (Lipinski definition) is 1. The largest absolute Gasteiger partial charge is 0.326 e. The monoisotopic (exact) mass is 455 g/mol. The van der Waals surface area contributed by atoms with Gasteiger partial charge < -0.3 is 10.2 Å². The summed E-state index contributed by atoms with van der Waals surface area (Å²) in [6.45, 7) is 5.32. The van der Waals surface area contributed by atoms with Crippen molar-refractivity contribution < 1.29 is 18.0 Å². The number of amides is 2. The Morgan fingerprint density at radius 1 is 1.03 bits per heavy atom. The van der Waals surface area contributed by atoms with Crippen molar-refractivity contribution in [2.24, 2.45) is 5.92 Å². The topological polar surface area (TPSA) is 86.8 Å².